The first-order chi connectivity index (χ1) is 14.6. The molecule has 3 aromatic rings. The van der Waals surface area contributed by atoms with Crippen LogP contribution >= 0.6 is 35.0 Å². The molecule has 1 heterocycles. The highest BCUT2D eigenvalue weighted by Gasteiger charge is 2.24. The second-order valence-corrected chi connectivity index (χ2v) is 8.23. The normalized spacial score (nSPS) is 16.1. The SMILES string of the molecule is O=C1NC(=Nc2ccccc2Cl)S/C1=C/c1ccc(OCc2ccccc2Cl)cc1. The van der Waals surface area contributed by atoms with Crippen molar-refractivity contribution in [3.8, 4) is 5.75 Å². The highest BCUT2D eigenvalue weighted by atomic mass is 35.5. The fourth-order valence-corrected chi connectivity index (χ4v) is 3.92. The number of hydrogen-bond acceptors (Lipinski definition) is 4. The van der Waals surface area contributed by atoms with Gasteiger partial charge in [0.2, 0.25) is 0 Å². The molecule has 0 aliphatic carbocycles. The van der Waals surface area contributed by atoms with Crippen LogP contribution in [0, 0.1) is 0 Å². The molecule has 1 fully saturated rings. The van der Waals surface area contributed by atoms with Crippen LogP contribution < -0.4 is 10.1 Å². The van der Waals surface area contributed by atoms with Gasteiger partial charge in [-0.3, -0.25) is 4.79 Å². The topological polar surface area (TPSA) is 50.7 Å². The Labute approximate surface area is 188 Å². The highest BCUT2D eigenvalue weighted by molar-refractivity contribution is 8.18. The minimum Gasteiger partial charge on any atom is -0.489 e. The van der Waals surface area contributed by atoms with Gasteiger partial charge in [0.1, 0.15) is 12.4 Å². The highest BCUT2D eigenvalue weighted by Crippen LogP contribution is 2.31. The molecule has 1 amide bonds. The minimum absolute atomic E-state index is 0.190. The largest absolute Gasteiger partial charge is 0.489 e. The Balaban J connectivity index is 1.43. The molecule has 0 spiro atoms. The second kappa shape index (κ2) is 9.39. The van der Waals surface area contributed by atoms with E-state index in [1.807, 2.05) is 66.7 Å². The number of aliphatic imine (C=N–C) groups is 1. The molecule has 0 aromatic heterocycles. The lowest BCUT2D eigenvalue weighted by atomic mass is 10.2. The van der Waals surface area contributed by atoms with Gasteiger partial charge >= 0.3 is 0 Å². The van der Waals surface area contributed by atoms with Crippen LogP contribution in [0.25, 0.3) is 6.08 Å². The Bertz CT molecular complexity index is 1140. The molecular formula is C23H16Cl2N2O2S. The fraction of sp³-hybridized carbons (Fsp3) is 0.0435. The molecule has 3 aromatic carbocycles. The predicted molar refractivity (Wildman–Crippen MR) is 124 cm³/mol. The maximum absolute atomic E-state index is 12.3. The summed E-state index contributed by atoms with van der Waals surface area (Å²) in [6, 6.07) is 22.3. The van der Waals surface area contributed by atoms with E-state index in [1.54, 1.807) is 12.1 Å². The average molecular weight is 455 g/mol. The number of nitrogens with one attached hydrogen (secondary N) is 1. The van der Waals surface area contributed by atoms with Gasteiger partial charge in [-0.05, 0) is 53.7 Å². The summed E-state index contributed by atoms with van der Waals surface area (Å²) in [5.41, 5.74) is 2.43. The molecule has 0 unspecified atom stereocenters. The second-order valence-electron chi connectivity index (χ2n) is 6.38. The smallest absolute Gasteiger partial charge is 0.264 e. The molecule has 1 saturated heterocycles. The van der Waals surface area contributed by atoms with Crippen LogP contribution in [-0.4, -0.2) is 11.1 Å². The number of nitrogens with zero attached hydrogens (tertiary/aromatic N) is 1. The van der Waals surface area contributed by atoms with E-state index in [2.05, 4.69) is 10.3 Å². The summed E-state index contributed by atoms with van der Waals surface area (Å²) in [6.07, 6.45) is 1.81. The summed E-state index contributed by atoms with van der Waals surface area (Å²) >= 11 is 13.6. The monoisotopic (exact) mass is 454 g/mol. The number of para-hydroxylation sites is 1. The Hall–Kier alpha value is -2.73. The molecule has 0 bridgehead atoms. The molecule has 1 aliphatic heterocycles. The van der Waals surface area contributed by atoms with Gasteiger partial charge < -0.3 is 10.1 Å². The molecule has 4 nitrogen and oxygen atoms in total. The van der Waals surface area contributed by atoms with Crippen molar-refractivity contribution in [2.45, 2.75) is 6.61 Å². The molecule has 150 valence electrons. The molecule has 7 heteroatoms. The zero-order valence-electron chi connectivity index (χ0n) is 15.6. The maximum Gasteiger partial charge on any atom is 0.264 e. The number of amidine groups is 1. The fourth-order valence-electron chi connectivity index (χ4n) is 2.72. The molecule has 0 saturated carbocycles. The number of benzene rings is 3. The van der Waals surface area contributed by atoms with Gasteiger partial charge in [0.05, 0.1) is 15.6 Å². The van der Waals surface area contributed by atoms with Crippen molar-refractivity contribution in [1.29, 1.82) is 0 Å². The van der Waals surface area contributed by atoms with Crippen LogP contribution in [0.15, 0.2) is 82.7 Å². The van der Waals surface area contributed by atoms with Crippen molar-refractivity contribution in [3.63, 3.8) is 0 Å². The van der Waals surface area contributed by atoms with Crippen LogP contribution in [-0.2, 0) is 11.4 Å². The van der Waals surface area contributed by atoms with Crippen molar-refractivity contribution < 1.29 is 9.53 Å². The van der Waals surface area contributed by atoms with Gasteiger partial charge in [-0.25, -0.2) is 4.99 Å². The Morgan fingerprint density at radius 1 is 0.933 bits per heavy atom. The first-order valence-electron chi connectivity index (χ1n) is 9.09. The molecule has 1 N–H and O–H groups in total. The van der Waals surface area contributed by atoms with Crippen molar-refractivity contribution in [1.82, 2.24) is 5.32 Å². The van der Waals surface area contributed by atoms with Crippen molar-refractivity contribution >= 4 is 57.8 Å². The molecular weight excluding hydrogens is 439 g/mol. The standard InChI is InChI=1S/C23H16Cl2N2O2S/c24-18-6-2-1-5-16(18)14-29-17-11-9-15(10-12-17)13-21-22(28)27-23(30-21)26-20-8-4-3-7-19(20)25/h1-13H,14H2,(H,26,27,28)/b21-13+. The summed E-state index contributed by atoms with van der Waals surface area (Å²) in [7, 11) is 0. The van der Waals surface area contributed by atoms with Crippen LogP contribution in [0.3, 0.4) is 0 Å². The van der Waals surface area contributed by atoms with E-state index in [9.17, 15) is 4.79 Å². The average Bonchev–Trinajstić information content (AvgIpc) is 3.09. The van der Waals surface area contributed by atoms with Gasteiger partial charge in [0.25, 0.3) is 5.91 Å². The van der Waals surface area contributed by atoms with Crippen LogP contribution in [0.2, 0.25) is 10.0 Å². The zero-order valence-corrected chi connectivity index (χ0v) is 18.0. The summed E-state index contributed by atoms with van der Waals surface area (Å²) in [6.45, 7) is 0.389. The van der Waals surface area contributed by atoms with Crippen molar-refractivity contribution in [2.24, 2.45) is 4.99 Å². The van der Waals surface area contributed by atoms with Gasteiger partial charge in [0.15, 0.2) is 5.17 Å². The minimum atomic E-state index is -0.190. The third kappa shape index (κ3) is 5.05. The molecule has 0 atom stereocenters. The van der Waals surface area contributed by atoms with Gasteiger partial charge in [0, 0.05) is 10.6 Å². The van der Waals surface area contributed by atoms with E-state index in [1.165, 1.54) is 11.8 Å². The molecule has 4 rings (SSSR count). The summed E-state index contributed by atoms with van der Waals surface area (Å²) in [4.78, 5) is 17.3. The molecule has 30 heavy (non-hydrogen) atoms. The maximum atomic E-state index is 12.3. The van der Waals surface area contributed by atoms with E-state index >= 15 is 0 Å². The lowest BCUT2D eigenvalue weighted by Crippen LogP contribution is -2.19. The van der Waals surface area contributed by atoms with E-state index in [0.29, 0.717) is 32.4 Å². The number of thioether (sulfide) groups is 1. The van der Waals surface area contributed by atoms with Gasteiger partial charge in [-0.2, -0.15) is 0 Å². The number of hydrogen-bond donors (Lipinski definition) is 1. The Kier molecular flexibility index (Phi) is 6.43. The summed E-state index contributed by atoms with van der Waals surface area (Å²) in [5.74, 6) is 0.534. The lowest BCUT2D eigenvalue weighted by molar-refractivity contribution is -0.115. The number of rotatable bonds is 5. The Morgan fingerprint density at radius 2 is 1.63 bits per heavy atom. The number of ether oxygens (including phenoxy) is 1. The van der Waals surface area contributed by atoms with Crippen molar-refractivity contribution in [2.75, 3.05) is 0 Å². The molecule has 0 radical (unpaired) electrons. The first-order valence-corrected chi connectivity index (χ1v) is 10.7. The van der Waals surface area contributed by atoms with E-state index in [4.69, 9.17) is 27.9 Å². The van der Waals surface area contributed by atoms with Gasteiger partial charge in [-0.1, -0.05) is 65.7 Å². The van der Waals surface area contributed by atoms with Crippen LogP contribution in [0.5, 0.6) is 5.75 Å². The van der Waals surface area contributed by atoms with E-state index in [-0.39, 0.29) is 5.91 Å². The summed E-state index contributed by atoms with van der Waals surface area (Å²) in [5, 5.41) is 4.47. The number of carbonyl (C=O) groups excluding carboxylic acids is 1. The molecule has 1 aliphatic rings. The number of carbonyl (C=O) groups is 1. The van der Waals surface area contributed by atoms with Gasteiger partial charge in [-0.15, -0.1) is 0 Å². The van der Waals surface area contributed by atoms with Crippen molar-refractivity contribution in [3.05, 3.63) is 98.9 Å². The Morgan fingerprint density at radius 3 is 2.37 bits per heavy atom. The third-order valence-electron chi connectivity index (χ3n) is 4.26. The lowest BCUT2D eigenvalue weighted by Gasteiger charge is -2.08. The number of amides is 1. The predicted octanol–water partition coefficient (Wildman–Crippen LogP) is 6.46. The first kappa shape index (κ1) is 20.5. The van der Waals surface area contributed by atoms with E-state index < -0.39 is 0 Å². The van der Waals surface area contributed by atoms with Crippen LogP contribution in [0.1, 0.15) is 11.1 Å². The quantitative estimate of drug-likeness (QED) is 0.449. The van der Waals surface area contributed by atoms with E-state index in [0.717, 1.165) is 16.9 Å². The zero-order chi connectivity index (χ0) is 20.9. The van der Waals surface area contributed by atoms with Crippen LogP contribution in [0.4, 0.5) is 5.69 Å². The summed E-state index contributed by atoms with van der Waals surface area (Å²) < 4.78 is 5.79. The third-order valence-corrected chi connectivity index (χ3v) is 5.85. The number of halogens is 2.